The van der Waals surface area contributed by atoms with Crippen molar-refractivity contribution in [2.45, 2.75) is 124 Å². The minimum absolute atomic E-state index is 0.0247. The van der Waals surface area contributed by atoms with Gasteiger partial charge in [0.05, 0.1) is 24.4 Å². The lowest BCUT2D eigenvalue weighted by molar-refractivity contribution is -0.149. The van der Waals surface area contributed by atoms with Gasteiger partial charge >= 0.3 is 5.97 Å². The quantitative estimate of drug-likeness (QED) is 0.0296. The number of phenolic OH excluding ortho intramolecular Hbond substituents is 1. The highest BCUT2D eigenvalue weighted by molar-refractivity contribution is 7.09. The Morgan fingerprint density at radius 3 is 2.24 bits per heavy atom. The average molecular weight is 998 g/mol. The van der Waals surface area contributed by atoms with E-state index in [4.69, 9.17) is 15.2 Å². The molecule has 388 valence electrons. The summed E-state index contributed by atoms with van der Waals surface area (Å²) in [7, 11) is 5.26. The number of thiazole rings is 1. The summed E-state index contributed by atoms with van der Waals surface area (Å²) in [6.07, 6.45) is 2.64. The van der Waals surface area contributed by atoms with Crippen LogP contribution in [-0.4, -0.2) is 150 Å². The zero-order valence-corrected chi connectivity index (χ0v) is 43.4. The Labute approximate surface area is 415 Å². The van der Waals surface area contributed by atoms with E-state index < -0.39 is 65.3 Å². The number of amides is 7. The van der Waals surface area contributed by atoms with Gasteiger partial charge in [-0.2, -0.15) is 0 Å². The van der Waals surface area contributed by atoms with Crippen LogP contribution in [0.25, 0.3) is 0 Å². The van der Waals surface area contributed by atoms with Gasteiger partial charge in [-0.05, 0) is 76.7 Å². The molecule has 0 spiro atoms. The Balaban J connectivity index is 1.86. The first-order valence-electron chi connectivity index (χ1n) is 23.8. The molecule has 21 heteroatoms. The van der Waals surface area contributed by atoms with Crippen molar-refractivity contribution in [2.75, 3.05) is 59.3 Å². The van der Waals surface area contributed by atoms with Gasteiger partial charge in [0.15, 0.2) is 6.10 Å². The monoisotopic (exact) mass is 998 g/mol. The molecule has 2 aromatic rings. The highest BCUT2D eigenvalue weighted by Crippen LogP contribution is 2.32. The standard InChI is InChI=1S/C49H75N9O11S/c1-12-30(4)43(55-48(67)49(7,8)56(9)10)47(66)57(11)37(29(2)3)27-39(69-32(6)59)46-54-36(28-70-46)45(65)52-34(24-31(5)44(64)51-20-23-68-22-19-50)25-33-15-16-38(60)35(26-33)53-40(61)14-13-21-58-41(62)17-18-42(58)63/h15-18,26,28-31,34,37,39,43,60H,12-14,19-25,27,50H2,1-11H3,(H,51,64)(H,52,65)(H,53,61)(H,55,67)/t30-,31?,34+,37+,39+,43-/m0/s1. The maximum Gasteiger partial charge on any atom is 0.303 e. The van der Waals surface area contributed by atoms with Gasteiger partial charge in [-0.1, -0.05) is 47.1 Å². The maximum atomic E-state index is 14.3. The number of carbonyl (C=O) groups is 8. The van der Waals surface area contributed by atoms with Crippen LogP contribution in [0.2, 0.25) is 0 Å². The van der Waals surface area contributed by atoms with E-state index in [1.165, 1.54) is 30.5 Å². The Hall–Kier alpha value is -5.77. The second kappa shape index (κ2) is 27.6. The zero-order valence-electron chi connectivity index (χ0n) is 42.6. The number of nitrogens with two attached hydrogens (primary N) is 1. The van der Waals surface area contributed by atoms with E-state index in [9.17, 15) is 43.5 Å². The summed E-state index contributed by atoms with van der Waals surface area (Å²) < 4.78 is 11.2. The van der Waals surface area contributed by atoms with Crippen LogP contribution in [-0.2, 0) is 49.5 Å². The van der Waals surface area contributed by atoms with Crippen LogP contribution in [0.1, 0.15) is 115 Å². The minimum Gasteiger partial charge on any atom is -0.506 e. The number of nitrogens with one attached hydrogen (secondary N) is 4. The number of hydrogen-bond donors (Lipinski definition) is 6. The van der Waals surface area contributed by atoms with Crippen molar-refractivity contribution in [3.05, 3.63) is 52.0 Å². The first-order valence-corrected chi connectivity index (χ1v) is 24.7. The number of aromatic hydroxyl groups is 1. The lowest BCUT2D eigenvalue weighted by Crippen LogP contribution is -2.60. The number of benzene rings is 1. The summed E-state index contributed by atoms with van der Waals surface area (Å²) in [6, 6.07) is 2.59. The van der Waals surface area contributed by atoms with E-state index >= 15 is 0 Å². The number of ether oxygens (including phenoxy) is 2. The summed E-state index contributed by atoms with van der Waals surface area (Å²) in [6.45, 7) is 15.5. The molecule has 1 unspecified atom stereocenters. The normalized spacial score (nSPS) is 15.3. The molecule has 20 nitrogen and oxygen atoms in total. The molecule has 2 heterocycles. The summed E-state index contributed by atoms with van der Waals surface area (Å²) >= 11 is 1.11. The van der Waals surface area contributed by atoms with Gasteiger partial charge in [0, 0.05) is 82.0 Å². The van der Waals surface area contributed by atoms with Gasteiger partial charge in [0.1, 0.15) is 22.5 Å². The lowest BCUT2D eigenvalue weighted by atomic mass is 9.92. The Morgan fingerprint density at radius 1 is 0.971 bits per heavy atom. The van der Waals surface area contributed by atoms with Crippen LogP contribution in [0.4, 0.5) is 5.69 Å². The SMILES string of the molecule is CC[C@H](C)[C@H](NC(=O)C(C)(C)N(C)C)C(=O)N(C)[C@H](C[C@@H](OC(C)=O)c1nc(C(=O)N[C@@H](Cc2ccc(O)c(NC(=O)CCCN3C(=O)C=CC3=O)c2)CC(C)C(=O)NCCOCCN)cs1)C(C)C. The van der Waals surface area contributed by atoms with Crippen LogP contribution in [0.5, 0.6) is 5.75 Å². The number of likely N-dealkylation sites (N-methyl/N-ethyl adjacent to an activating group) is 2. The van der Waals surface area contributed by atoms with E-state index in [0.717, 1.165) is 16.2 Å². The van der Waals surface area contributed by atoms with Gasteiger partial charge in [-0.3, -0.25) is 48.2 Å². The third-order valence-electron chi connectivity index (χ3n) is 12.6. The summed E-state index contributed by atoms with van der Waals surface area (Å²) in [4.78, 5) is 113. The molecule has 1 aromatic heterocycles. The summed E-state index contributed by atoms with van der Waals surface area (Å²) in [5.74, 6) is -4.53. The number of hydrogen-bond acceptors (Lipinski definition) is 15. The van der Waals surface area contributed by atoms with E-state index in [1.54, 1.807) is 63.8 Å². The third-order valence-corrected chi connectivity index (χ3v) is 13.5. The maximum absolute atomic E-state index is 14.3. The number of rotatable bonds is 29. The highest BCUT2D eigenvalue weighted by atomic mass is 32.1. The molecule has 0 radical (unpaired) electrons. The van der Waals surface area contributed by atoms with Crippen molar-refractivity contribution < 1.29 is 52.9 Å². The van der Waals surface area contributed by atoms with E-state index in [1.807, 2.05) is 27.7 Å². The van der Waals surface area contributed by atoms with Crippen LogP contribution < -0.4 is 27.0 Å². The first kappa shape index (κ1) is 58.5. The van der Waals surface area contributed by atoms with Crippen molar-refractivity contribution in [2.24, 2.45) is 23.5 Å². The number of carbonyl (C=O) groups excluding carboxylic acids is 8. The predicted molar refractivity (Wildman–Crippen MR) is 265 cm³/mol. The van der Waals surface area contributed by atoms with Crippen molar-refractivity contribution in [1.29, 1.82) is 0 Å². The van der Waals surface area contributed by atoms with Crippen molar-refractivity contribution in [1.82, 2.24) is 35.6 Å². The molecule has 7 N–H and O–H groups in total. The fourth-order valence-corrected chi connectivity index (χ4v) is 8.41. The van der Waals surface area contributed by atoms with Gasteiger partial charge in [0.2, 0.25) is 23.6 Å². The Bertz CT molecular complexity index is 2160. The molecule has 1 aliphatic rings. The Morgan fingerprint density at radius 2 is 1.64 bits per heavy atom. The molecule has 7 amide bonds. The molecule has 0 saturated carbocycles. The fourth-order valence-electron chi connectivity index (χ4n) is 7.57. The fraction of sp³-hybridized carbons (Fsp3) is 0.612. The number of esters is 1. The molecular weight excluding hydrogens is 923 g/mol. The van der Waals surface area contributed by atoms with Gasteiger partial charge in [0.25, 0.3) is 17.7 Å². The summed E-state index contributed by atoms with van der Waals surface area (Å²) in [5, 5.41) is 24.1. The number of aromatic nitrogens is 1. The third kappa shape index (κ3) is 17.3. The lowest BCUT2D eigenvalue weighted by Gasteiger charge is -2.38. The molecule has 0 saturated heterocycles. The molecule has 70 heavy (non-hydrogen) atoms. The molecule has 1 aliphatic heterocycles. The molecule has 3 rings (SSSR count). The molecule has 1 aromatic carbocycles. The van der Waals surface area contributed by atoms with Crippen molar-refractivity contribution in [3.63, 3.8) is 0 Å². The predicted octanol–water partition coefficient (Wildman–Crippen LogP) is 3.30. The van der Waals surface area contributed by atoms with Crippen molar-refractivity contribution >= 4 is 64.3 Å². The smallest absolute Gasteiger partial charge is 0.303 e. The second-order valence-corrected chi connectivity index (χ2v) is 19.7. The number of imide groups is 1. The largest absolute Gasteiger partial charge is 0.506 e. The molecule has 0 aliphatic carbocycles. The average Bonchev–Trinajstić information content (AvgIpc) is 3.92. The number of phenols is 1. The molecule has 6 atom stereocenters. The first-order chi connectivity index (χ1) is 32.9. The number of anilines is 1. The second-order valence-electron chi connectivity index (χ2n) is 18.8. The molecular formula is C49H75N9O11S. The van der Waals surface area contributed by atoms with E-state index in [2.05, 4.69) is 26.3 Å². The van der Waals surface area contributed by atoms with Gasteiger partial charge < -0.3 is 46.5 Å². The van der Waals surface area contributed by atoms with Gasteiger partial charge in [-0.25, -0.2) is 4.98 Å². The van der Waals surface area contributed by atoms with Crippen molar-refractivity contribution in [3.8, 4) is 5.75 Å². The Kier molecular flexibility index (Phi) is 23.1. The minimum atomic E-state index is -0.947. The van der Waals surface area contributed by atoms with Crippen LogP contribution in [0, 0.1) is 17.8 Å². The van der Waals surface area contributed by atoms with Crippen LogP contribution in [0.15, 0.2) is 35.7 Å². The summed E-state index contributed by atoms with van der Waals surface area (Å²) in [5.41, 5.74) is 5.33. The van der Waals surface area contributed by atoms with E-state index in [0.29, 0.717) is 30.1 Å². The number of nitrogens with zero attached hydrogens (tertiary/aromatic N) is 4. The van der Waals surface area contributed by atoms with Crippen LogP contribution in [0.3, 0.4) is 0 Å². The van der Waals surface area contributed by atoms with Gasteiger partial charge in [-0.15, -0.1) is 11.3 Å². The van der Waals surface area contributed by atoms with Crippen LogP contribution >= 0.6 is 11.3 Å². The topological polar surface area (TPSA) is 272 Å². The highest BCUT2D eigenvalue weighted by Gasteiger charge is 2.39. The molecule has 0 fully saturated rings. The molecule has 0 bridgehead atoms. The van der Waals surface area contributed by atoms with E-state index in [-0.39, 0.29) is 98.5 Å². The zero-order chi connectivity index (χ0) is 52.5.